The van der Waals surface area contributed by atoms with Gasteiger partial charge in [0.1, 0.15) is 0 Å². The van der Waals surface area contributed by atoms with E-state index in [1.807, 2.05) is 11.8 Å². The molecule has 78 valence electrons. The molecule has 0 saturated carbocycles. The van der Waals surface area contributed by atoms with E-state index in [9.17, 15) is 0 Å². The first-order chi connectivity index (χ1) is 6.08. The van der Waals surface area contributed by atoms with Gasteiger partial charge in [-0.3, -0.25) is 4.90 Å². The molecular formula is C9H19NOS2. The standard InChI is InChI=1S/C9H19NOS2/c1-9(2,12)13-8-5-10-3-6-11-7-4-10/h12H,3-8H2,1-2H3. The van der Waals surface area contributed by atoms with Crippen LogP contribution >= 0.6 is 24.4 Å². The average Bonchev–Trinajstić information content (AvgIpc) is 2.04. The monoisotopic (exact) mass is 221 g/mol. The predicted molar refractivity (Wildman–Crippen MR) is 62.8 cm³/mol. The fraction of sp³-hybridized carbons (Fsp3) is 1.00. The maximum atomic E-state index is 5.28. The Hall–Kier alpha value is 0.620. The molecule has 2 nitrogen and oxygen atoms in total. The van der Waals surface area contributed by atoms with Crippen LogP contribution in [0.2, 0.25) is 0 Å². The summed E-state index contributed by atoms with van der Waals surface area (Å²) >= 11 is 6.38. The molecule has 0 atom stereocenters. The van der Waals surface area contributed by atoms with Gasteiger partial charge < -0.3 is 4.74 Å². The summed E-state index contributed by atoms with van der Waals surface area (Å²) in [6.45, 7) is 9.42. The van der Waals surface area contributed by atoms with E-state index in [1.165, 1.54) is 0 Å². The summed E-state index contributed by atoms with van der Waals surface area (Å²) in [7, 11) is 0. The highest BCUT2D eigenvalue weighted by Crippen LogP contribution is 2.27. The molecule has 1 fully saturated rings. The summed E-state index contributed by atoms with van der Waals surface area (Å²) < 4.78 is 5.39. The molecule has 1 rings (SSSR count). The van der Waals surface area contributed by atoms with Crippen LogP contribution in [0.4, 0.5) is 0 Å². The topological polar surface area (TPSA) is 12.5 Å². The summed E-state index contributed by atoms with van der Waals surface area (Å²) in [5, 5.41) is 0. The third-order valence-electron chi connectivity index (χ3n) is 1.97. The Bertz CT molecular complexity index is 141. The molecule has 1 aliphatic heterocycles. The molecule has 0 amide bonds. The van der Waals surface area contributed by atoms with Gasteiger partial charge in [-0.2, -0.15) is 12.6 Å². The number of rotatable bonds is 4. The van der Waals surface area contributed by atoms with Crippen molar-refractivity contribution in [1.29, 1.82) is 0 Å². The first-order valence-electron chi connectivity index (χ1n) is 4.74. The van der Waals surface area contributed by atoms with Crippen molar-refractivity contribution in [2.75, 3.05) is 38.6 Å². The normalized spacial score (nSPS) is 20.5. The lowest BCUT2D eigenvalue weighted by Gasteiger charge is -2.27. The Labute approximate surface area is 90.8 Å². The Morgan fingerprint density at radius 2 is 2.00 bits per heavy atom. The number of thiol groups is 1. The lowest BCUT2D eigenvalue weighted by molar-refractivity contribution is 0.0410. The minimum absolute atomic E-state index is 0.103. The highest BCUT2D eigenvalue weighted by Gasteiger charge is 2.14. The Kier molecular flexibility index (Phi) is 4.94. The molecule has 0 spiro atoms. The van der Waals surface area contributed by atoms with Crippen molar-refractivity contribution in [2.24, 2.45) is 0 Å². The molecular weight excluding hydrogens is 202 g/mol. The summed E-state index contributed by atoms with van der Waals surface area (Å²) in [5.41, 5.74) is 0. The minimum atomic E-state index is 0.103. The second-order valence-corrected chi connectivity index (χ2v) is 6.89. The molecule has 0 bridgehead atoms. The fourth-order valence-corrected chi connectivity index (χ4v) is 2.37. The van der Waals surface area contributed by atoms with Crippen LogP contribution < -0.4 is 0 Å². The van der Waals surface area contributed by atoms with Gasteiger partial charge in [-0.1, -0.05) is 0 Å². The quantitative estimate of drug-likeness (QED) is 0.574. The van der Waals surface area contributed by atoms with Gasteiger partial charge in [-0.05, 0) is 13.8 Å². The highest BCUT2D eigenvalue weighted by molar-refractivity contribution is 8.11. The smallest absolute Gasteiger partial charge is 0.0594 e. The molecule has 0 aromatic rings. The summed E-state index contributed by atoms with van der Waals surface area (Å²) in [4.78, 5) is 2.45. The van der Waals surface area contributed by atoms with Gasteiger partial charge in [0.15, 0.2) is 0 Å². The Morgan fingerprint density at radius 3 is 2.54 bits per heavy atom. The zero-order chi connectivity index (χ0) is 9.73. The van der Waals surface area contributed by atoms with Crippen LogP contribution in [-0.4, -0.2) is 47.6 Å². The first-order valence-corrected chi connectivity index (χ1v) is 6.18. The van der Waals surface area contributed by atoms with Gasteiger partial charge in [0.25, 0.3) is 0 Å². The van der Waals surface area contributed by atoms with E-state index in [0.29, 0.717) is 0 Å². The number of morpholine rings is 1. The number of ether oxygens (including phenoxy) is 1. The molecule has 1 aliphatic rings. The van der Waals surface area contributed by atoms with Gasteiger partial charge in [-0.15, -0.1) is 11.8 Å². The van der Waals surface area contributed by atoms with Crippen LogP contribution in [-0.2, 0) is 4.74 Å². The maximum Gasteiger partial charge on any atom is 0.0594 e. The molecule has 0 radical (unpaired) electrons. The van der Waals surface area contributed by atoms with Crippen molar-refractivity contribution in [1.82, 2.24) is 4.90 Å². The SMILES string of the molecule is CC(C)(S)SCCN1CCOCC1. The van der Waals surface area contributed by atoms with Crippen molar-refractivity contribution in [3.8, 4) is 0 Å². The fourth-order valence-electron chi connectivity index (χ4n) is 1.25. The van der Waals surface area contributed by atoms with Crippen LogP contribution in [0.5, 0.6) is 0 Å². The molecule has 0 N–H and O–H groups in total. The van der Waals surface area contributed by atoms with E-state index in [2.05, 4.69) is 31.4 Å². The van der Waals surface area contributed by atoms with Gasteiger partial charge in [-0.25, -0.2) is 0 Å². The Balaban J connectivity index is 2.04. The molecule has 1 saturated heterocycles. The number of thioether (sulfide) groups is 1. The van der Waals surface area contributed by atoms with E-state index < -0.39 is 0 Å². The number of hydrogen-bond donors (Lipinski definition) is 1. The predicted octanol–water partition coefficient (Wildman–Crippen LogP) is 1.72. The molecule has 1 heterocycles. The second-order valence-electron chi connectivity index (χ2n) is 3.75. The van der Waals surface area contributed by atoms with Crippen LogP contribution in [0.25, 0.3) is 0 Å². The largest absolute Gasteiger partial charge is 0.379 e. The van der Waals surface area contributed by atoms with E-state index in [4.69, 9.17) is 4.74 Å². The first kappa shape index (κ1) is 11.7. The van der Waals surface area contributed by atoms with Crippen molar-refractivity contribution < 1.29 is 4.74 Å². The lowest BCUT2D eigenvalue weighted by atomic mass is 10.4. The Morgan fingerprint density at radius 1 is 1.38 bits per heavy atom. The van der Waals surface area contributed by atoms with E-state index >= 15 is 0 Å². The molecule has 0 aliphatic carbocycles. The number of hydrogen-bond acceptors (Lipinski definition) is 4. The van der Waals surface area contributed by atoms with Gasteiger partial charge >= 0.3 is 0 Å². The van der Waals surface area contributed by atoms with E-state index in [1.54, 1.807) is 0 Å². The zero-order valence-electron chi connectivity index (χ0n) is 8.45. The van der Waals surface area contributed by atoms with Crippen molar-refractivity contribution >= 4 is 24.4 Å². The van der Waals surface area contributed by atoms with E-state index in [0.717, 1.165) is 38.6 Å². The molecule has 4 heteroatoms. The average molecular weight is 221 g/mol. The molecule has 0 aromatic heterocycles. The van der Waals surface area contributed by atoms with Gasteiger partial charge in [0, 0.05) is 25.4 Å². The molecule has 0 unspecified atom stereocenters. The van der Waals surface area contributed by atoms with E-state index in [-0.39, 0.29) is 4.08 Å². The molecule has 13 heavy (non-hydrogen) atoms. The third-order valence-corrected chi connectivity index (χ3v) is 3.45. The zero-order valence-corrected chi connectivity index (χ0v) is 10.2. The minimum Gasteiger partial charge on any atom is -0.379 e. The van der Waals surface area contributed by atoms with Crippen LogP contribution in [0.15, 0.2) is 0 Å². The van der Waals surface area contributed by atoms with Gasteiger partial charge in [0.2, 0.25) is 0 Å². The van der Waals surface area contributed by atoms with Crippen LogP contribution in [0.1, 0.15) is 13.8 Å². The maximum absolute atomic E-state index is 5.28. The van der Waals surface area contributed by atoms with Crippen molar-refractivity contribution in [3.05, 3.63) is 0 Å². The summed E-state index contributed by atoms with van der Waals surface area (Å²) in [5.74, 6) is 1.16. The highest BCUT2D eigenvalue weighted by atomic mass is 32.2. The van der Waals surface area contributed by atoms with Crippen LogP contribution in [0, 0.1) is 0 Å². The summed E-state index contributed by atoms with van der Waals surface area (Å²) in [6.07, 6.45) is 0. The summed E-state index contributed by atoms with van der Waals surface area (Å²) in [6, 6.07) is 0. The van der Waals surface area contributed by atoms with Crippen LogP contribution in [0.3, 0.4) is 0 Å². The second kappa shape index (κ2) is 5.49. The molecule has 0 aromatic carbocycles. The van der Waals surface area contributed by atoms with Crippen molar-refractivity contribution in [3.63, 3.8) is 0 Å². The number of nitrogens with zero attached hydrogens (tertiary/aromatic N) is 1. The third kappa shape index (κ3) is 5.83. The lowest BCUT2D eigenvalue weighted by Crippen LogP contribution is -2.37. The van der Waals surface area contributed by atoms with Gasteiger partial charge in [0.05, 0.1) is 17.3 Å². The van der Waals surface area contributed by atoms with Crippen molar-refractivity contribution in [2.45, 2.75) is 17.9 Å².